The van der Waals surface area contributed by atoms with Crippen LogP contribution in [0.1, 0.15) is 17.7 Å². The van der Waals surface area contributed by atoms with Crippen molar-refractivity contribution in [2.75, 3.05) is 29.5 Å². The molecule has 0 amide bonds. The molecule has 3 rings (SSSR count). The molecular weight excluding hydrogens is 222 g/mol. The third-order valence-electron chi connectivity index (χ3n) is 3.24. The maximum absolute atomic E-state index is 11.8. The molecule has 0 atom stereocenters. The molecule has 1 saturated heterocycles. The van der Waals surface area contributed by atoms with Crippen LogP contribution in [0.2, 0.25) is 0 Å². The van der Waals surface area contributed by atoms with Crippen LogP contribution in [0.15, 0.2) is 4.79 Å². The fourth-order valence-corrected chi connectivity index (χ4v) is 3.26. The predicted molar refractivity (Wildman–Crippen MR) is 66.4 cm³/mol. The summed E-state index contributed by atoms with van der Waals surface area (Å²) in [5.41, 5.74) is 2.02. The fourth-order valence-electron chi connectivity index (χ4n) is 2.35. The van der Waals surface area contributed by atoms with Crippen molar-refractivity contribution < 1.29 is 0 Å². The average Bonchev–Trinajstić information content (AvgIpc) is 2.79. The van der Waals surface area contributed by atoms with Crippen LogP contribution in [-0.4, -0.2) is 34.6 Å². The maximum Gasteiger partial charge on any atom is 0.255 e. The Balaban J connectivity index is 1.96. The number of fused-ring (bicyclic) bond motifs is 1. The highest BCUT2D eigenvalue weighted by molar-refractivity contribution is 7.99. The molecule has 0 saturated carbocycles. The van der Waals surface area contributed by atoms with Crippen molar-refractivity contribution in [3.05, 3.63) is 21.6 Å². The highest BCUT2D eigenvalue weighted by atomic mass is 32.2. The van der Waals surface area contributed by atoms with Gasteiger partial charge in [0.1, 0.15) is 0 Å². The van der Waals surface area contributed by atoms with Gasteiger partial charge in [-0.15, -0.1) is 0 Å². The molecule has 86 valence electrons. The molecule has 5 heteroatoms. The van der Waals surface area contributed by atoms with E-state index in [0.717, 1.165) is 61.1 Å². The van der Waals surface area contributed by atoms with Gasteiger partial charge in [-0.2, -0.15) is 11.8 Å². The van der Waals surface area contributed by atoms with Crippen LogP contribution in [0, 0.1) is 0 Å². The van der Waals surface area contributed by atoms with Gasteiger partial charge in [-0.05, 0) is 19.3 Å². The first kappa shape index (κ1) is 10.2. The van der Waals surface area contributed by atoms with E-state index in [1.807, 2.05) is 11.8 Å². The van der Waals surface area contributed by atoms with Crippen molar-refractivity contribution in [3.63, 3.8) is 0 Å². The van der Waals surface area contributed by atoms with Gasteiger partial charge in [0, 0.05) is 30.2 Å². The molecule has 4 nitrogen and oxygen atoms in total. The number of aromatic amines is 1. The van der Waals surface area contributed by atoms with Crippen LogP contribution in [-0.2, 0) is 12.8 Å². The first-order valence-electron chi connectivity index (χ1n) is 5.79. The van der Waals surface area contributed by atoms with E-state index in [2.05, 4.69) is 14.9 Å². The van der Waals surface area contributed by atoms with E-state index in [-0.39, 0.29) is 5.56 Å². The lowest BCUT2D eigenvalue weighted by Gasteiger charge is -2.26. The zero-order chi connectivity index (χ0) is 11.0. The van der Waals surface area contributed by atoms with Gasteiger partial charge in [0.15, 0.2) is 0 Å². The monoisotopic (exact) mass is 237 g/mol. The molecule has 1 aliphatic carbocycles. The topological polar surface area (TPSA) is 49.0 Å². The number of hydrogen-bond donors (Lipinski definition) is 1. The van der Waals surface area contributed by atoms with Gasteiger partial charge in [-0.3, -0.25) is 9.78 Å². The molecule has 0 radical (unpaired) electrons. The van der Waals surface area contributed by atoms with Crippen molar-refractivity contribution in [2.45, 2.75) is 19.3 Å². The lowest BCUT2D eigenvalue weighted by molar-refractivity contribution is 0.801. The van der Waals surface area contributed by atoms with E-state index in [1.165, 1.54) is 0 Å². The minimum absolute atomic E-state index is 0.0794. The van der Waals surface area contributed by atoms with Gasteiger partial charge >= 0.3 is 0 Å². The molecule has 0 unspecified atom stereocenters. The summed E-state index contributed by atoms with van der Waals surface area (Å²) >= 11 is 1.96. The van der Waals surface area contributed by atoms with E-state index in [9.17, 15) is 4.79 Å². The average molecular weight is 237 g/mol. The number of nitrogens with zero attached hydrogens (tertiary/aromatic N) is 2. The number of anilines is 1. The van der Waals surface area contributed by atoms with Crippen molar-refractivity contribution in [3.8, 4) is 0 Å². The zero-order valence-electron chi connectivity index (χ0n) is 9.16. The van der Waals surface area contributed by atoms with Crippen molar-refractivity contribution in [2.24, 2.45) is 0 Å². The predicted octanol–water partition coefficient (Wildman–Crippen LogP) is 0.812. The molecule has 1 aromatic heterocycles. The lowest BCUT2D eigenvalue weighted by atomic mass is 10.3. The SMILES string of the molecule is O=c1[nH]c(N2CCSCC2)nc2c1CCC2. The molecule has 1 N–H and O–H groups in total. The molecule has 0 aromatic carbocycles. The van der Waals surface area contributed by atoms with E-state index < -0.39 is 0 Å². The maximum atomic E-state index is 11.8. The van der Waals surface area contributed by atoms with Crippen LogP contribution in [0.5, 0.6) is 0 Å². The number of H-pyrrole nitrogens is 1. The second kappa shape index (κ2) is 4.13. The molecule has 0 bridgehead atoms. The summed E-state index contributed by atoms with van der Waals surface area (Å²) in [5.74, 6) is 3.03. The molecule has 1 fully saturated rings. The summed E-state index contributed by atoms with van der Waals surface area (Å²) in [7, 11) is 0. The molecule has 2 heterocycles. The third-order valence-corrected chi connectivity index (χ3v) is 4.18. The standard InChI is InChI=1S/C11H15N3OS/c15-10-8-2-1-3-9(8)12-11(13-10)14-4-6-16-7-5-14/h1-7H2,(H,12,13,15). The Morgan fingerprint density at radius 3 is 2.88 bits per heavy atom. The summed E-state index contributed by atoms with van der Waals surface area (Å²) in [4.78, 5) is 21.6. The van der Waals surface area contributed by atoms with Gasteiger partial charge in [0.25, 0.3) is 5.56 Å². The minimum Gasteiger partial charge on any atom is -0.341 e. The zero-order valence-corrected chi connectivity index (χ0v) is 9.98. The second-order valence-corrected chi connectivity index (χ2v) is 5.49. The molecule has 0 spiro atoms. The molecule has 16 heavy (non-hydrogen) atoms. The van der Waals surface area contributed by atoms with Crippen LogP contribution >= 0.6 is 11.8 Å². The van der Waals surface area contributed by atoms with Gasteiger partial charge < -0.3 is 4.90 Å². The van der Waals surface area contributed by atoms with Crippen LogP contribution < -0.4 is 10.5 Å². The smallest absolute Gasteiger partial charge is 0.255 e. The van der Waals surface area contributed by atoms with E-state index >= 15 is 0 Å². The van der Waals surface area contributed by atoms with E-state index in [4.69, 9.17) is 0 Å². The number of aromatic nitrogens is 2. The first-order chi connectivity index (χ1) is 7.84. The summed E-state index contributed by atoms with van der Waals surface area (Å²) in [6.07, 6.45) is 2.94. The Labute approximate surface area is 98.5 Å². The minimum atomic E-state index is 0.0794. The van der Waals surface area contributed by atoms with Crippen molar-refractivity contribution >= 4 is 17.7 Å². The quantitative estimate of drug-likeness (QED) is 0.785. The Kier molecular flexibility index (Phi) is 2.63. The largest absolute Gasteiger partial charge is 0.341 e. The number of nitrogens with one attached hydrogen (secondary N) is 1. The number of thioether (sulfide) groups is 1. The summed E-state index contributed by atoms with van der Waals surface area (Å²) < 4.78 is 0. The van der Waals surface area contributed by atoms with Crippen molar-refractivity contribution in [1.82, 2.24) is 9.97 Å². The molecule has 2 aliphatic rings. The number of rotatable bonds is 1. The summed E-state index contributed by atoms with van der Waals surface area (Å²) in [6.45, 7) is 1.98. The van der Waals surface area contributed by atoms with Crippen LogP contribution in [0.3, 0.4) is 0 Å². The molecule has 1 aromatic rings. The summed E-state index contributed by atoms with van der Waals surface area (Å²) in [6, 6.07) is 0. The Hall–Kier alpha value is -0.970. The number of aryl methyl sites for hydroxylation is 1. The van der Waals surface area contributed by atoms with Crippen LogP contribution in [0.25, 0.3) is 0 Å². The van der Waals surface area contributed by atoms with Gasteiger partial charge in [0.05, 0.1) is 5.69 Å². The second-order valence-electron chi connectivity index (χ2n) is 4.27. The van der Waals surface area contributed by atoms with Gasteiger partial charge in [-0.1, -0.05) is 0 Å². The highest BCUT2D eigenvalue weighted by Crippen LogP contribution is 2.20. The number of hydrogen-bond acceptors (Lipinski definition) is 4. The van der Waals surface area contributed by atoms with E-state index in [0.29, 0.717) is 0 Å². The highest BCUT2D eigenvalue weighted by Gasteiger charge is 2.20. The van der Waals surface area contributed by atoms with E-state index in [1.54, 1.807) is 0 Å². The first-order valence-corrected chi connectivity index (χ1v) is 6.95. The Bertz CT molecular complexity index is 451. The fraction of sp³-hybridized carbons (Fsp3) is 0.636. The van der Waals surface area contributed by atoms with Crippen LogP contribution in [0.4, 0.5) is 5.95 Å². The Morgan fingerprint density at radius 2 is 2.06 bits per heavy atom. The van der Waals surface area contributed by atoms with Crippen molar-refractivity contribution in [1.29, 1.82) is 0 Å². The third kappa shape index (κ3) is 1.73. The lowest BCUT2D eigenvalue weighted by Crippen LogP contribution is -2.35. The molecular formula is C11H15N3OS. The molecule has 1 aliphatic heterocycles. The van der Waals surface area contributed by atoms with Gasteiger partial charge in [0.2, 0.25) is 5.95 Å². The summed E-state index contributed by atoms with van der Waals surface area (Å²) in [5, 5.41) is 0. The normalized spacial score (nSPS) is 19.9. The van der Waals surface area contributed by atoms with Gasteiger partial charge in [-0.25, -0.2) is 4.98 Å². The Morgan fingerprint density at radius 1 is 1.25 bits per heavy atom.